The molecule has 3 heterocycles. The van der Waals surface area contributed by atoms with E-state index in [0.717, 1.165) is 23.4 Å². The van der Waals surface area contributed by atoms with Gasteiger partial charge in [0.05, 0.1) is 6.54 Å². The Labute approximate surface area is 155 Å². The summed E-state index contributed by atoms with van der Waals surface area (Å²) in [5.41, 5.74) is 2.41. The molecule has 0 radical (unpaired) electrons. The quantitative estimate of drug-likeness (QED) is 0.751. The highest BCUT2D eigenvalue weighted by Gasteiger charge is 2.26. The summed E-state index contributed by atoms with van der Waals surface area (Å²) >= 11 is 5.86. The summed E-state index contributed by atoms with van der Waals surface area (Å²) in [7, 11) is 0. The first-order valence-electron chi connectivity index (χ1n) is 8.33. The van der Waals surface area contributed by atoms with Gasteiger partial charge < -0.3 is 10.1 Å². The zero-order valence-corrected chi connectivity index (χ0v) is 14.7. The number of benzene rings is 1. The average molecular weight is 369 g/mol. The number of aromatic nitrogens is 3. The minimum absolute atomic E-state index is 0.0195. The third-order valence-corrected chi connectivity index (χ3v) is 4.48. The molecule has 0 aliphatic carbocycles. The molecular formula is C19H17ClN4O2. The molecule has 3 aromatic rings. The van der Waals surface area contributed by atoms with Crippen LogP contribution >= 0.6 is 11.6 Å². The fourth-order valence-corrected chi connectivity index (χ4v) is 3.07. The van der Waals surface area contributed by atoms with Crippen molar-refractivity contribution >= 4 is 17.5 Å². The van der Waals surface area contributed by atoms with E-state index < -0.39 is 0 Å². The molecule has 2 aromatic heterocycles. The fraction of sp³-hybridized carbons (Fsp3) is 0.211. The summed E-state index contributed by atoms with van der Waals surface area (Å²) in [6.07, 6.45) is 4.14. The van der Waals surface area contributed by atoms with Gasteiger partial charge in [-0.2, -0.15) is 5.10 Å². The Morgan fingerprint density at radius 2 is 2.00 bits per heavy atom. The summed E-state index contributed by atoms with van der Waals surface area (Å²) in [6.45, 7) is 1.06. The first-order valence-corrected chi connectivity index (χ1v) is 8.71. The minimum atomic E-state index is -0.187. The fourth-order valence-electron chi connectivity index (χ4n) is 2.94. The Kier molecular flexibility index (Phi) is 4.58. The number of carbonyl (C=O) groups is 1. The number of carbonyl (C=O) groups excluding carboxylic acids is 1. The van der Waals surface area contributed by atoms with Gasteiger partial charge in [-0.3, -0.25) is 14.5 Å². The summed E-state index contributed by atoms with van der Waals surface area (Å²) < 4.78 is 7.76. The average Bonchev–Trinajstić information content (AvgIpc) is 3.20. The minimum Gasteiger partial charge on any atom is -0.488 e. The molecule has 0 saturated carbocycles. The molecule has 4 rings (SSSR count). The van der Waals surface area contributed by atoms with Crippen molar-refractivity contribution in [2.45, 2.75) is 25.6 Å². The first kappa shape index (κ1) is 16.6. The molecule has 0 bridgehead atoms. The van der Waals surface area contributed by atoms with E-state index in [1.165, 1.54) is 0 Å². The van der Waals surface area contributed by atoms with Gasteiger partial charge in [-0.15, -0.1) is 0 Å². The third kappa shape index (κ3) is 3.70. The topological polar surface area (TPSA) is 69.0 Å². The lowest BCUT2D eigenvalue weighted by molar-refractivity contribution is 0.0944. The van der Waals surface area contributed by atoms with Crippen molar-refractivity contribution in [1.82, 2.24) is 20.1 Å². The van der Waals surface area contributed by atoms with Gasteiger partial charge in [0, 0.05) is 36.1 Å². The highest BCUT2D eigenvalue weighted by atomic mass is 35.5. The van der Waals surface area contributed by atoms with E-state index in [1.807, 2.05) is 35.0 Å². The lowest BCUT2D eigenvalue weighted by atomic mass is 10.2. The predicted octanol–water partition coefficient (Wildman–Crippen LogP) is 2.87. The van der Waals surface area contributed by atoms with Crippen LogP contribution in [-0.2, 0) is 19.5 Å². The maximum absolute atomic E-state index is 12.3. The Bertz CT molecular complexity index is 886. The second-order valence-corrected chi connectivity index (χ2v) is 6.58. The first-order chi connectivity index (χ1) is 12.7. The largest absolute Gasteiger partial charge is 0.488 e. The number of rotatable bonds is 5. The van der Waals surface area contributed by atoms with E-state index in [9.17, 15) is 4.79 Å². The van der Waals surface area contributed by atoms with Crippen LogP contribution in [0.15, 0.2) is 54.9 Å². The maximum Gasteiger partial charge on any atom is 0.272 e. The van der Waals surface area contributed by atoms with Gasteiger partial charge in [-0.05, 0) is 35.9 Å². The molecule has 1 unspecified atom stereocenters. The highest BCUT2D eigenvalue weighted by Crippen LogP contribution is 2.21. The van der Waals surface area contributed by atoms with Crippen molar-refractivity contribution < 1.29 is 9.53 Å². The molecule has 0 saturated heterocycles. The smallest absolute Gasteiger partial charge is 0.272 e. The number of hydrogen-bond donors (Lipinski definition) is 1. The summed E-state index contributed by atoms with van der Waals surface area (Å²) in [5, 5.41) is 7.95. The zero-order valence-electron chi connectivity index (χ0n) is 13.9. The lowest BCUT2D eigenvalue weighted by Gasteiger charge is -2.12. The van der Waals surface area contributed by atoms with Crippen molar-refractivity contribution in [3.63, 3.8) is 0 Å². The molecule has 1 aliphatic heterocycles. The van der Waals surface area contributed by atoms with Crippen LogP contribution in [0.25, 0.3) is 0 Å². The van der Waals surface area contributed by atoms with Crippen molar-refractivity contribution in [1.29, 1.82) is 0 Å². The van der Waals surface area contributed by atoms with Gasteiger partial charge in [0.1, 0.15) is 17.5 Å². The van der Waals surface area contributed by atoms with Crippen LogP contribution in [-0.4, -0.2) is 26.8 Å². The molecule has 7 heteroatoms. The van der Waals surface area contributed by atoms with Crippen LogP contribution < -0.4 is 10.1 Å². The molecule has 1 amide bonds. The summed E-state index contributed by atoms with van der Waals surface area (Å²) in [4.78, 5) is 16.3. The Hall–Kier alpha value is -2.86. The Balaban J connectivity index is 1.34. The molecule has 1 atom stereocenters. The number of pyridine rings is 1. The van der Waals surface area contributed by atoms with E-state index >= 15 is 0 Å². The standard InChI is InChI=1S/C19H17ClN4O2/c20-14-3-1-13(2-4-14)11-22-19(25)18-10-15-9-17(12-24(15)23-18)26-16-5-7-21-8-6-16/h1-8,10,17H,9,11-12H2,(H,22,25). The van der Waals surface area contributed by atoms with Crippen molar-refractivity contribution in [3.05, 3.63) is 76.8 Å². The highest BCUT2D eigenvalue weighted by molar-refractivity contribution is 6.30. The number of ether oxygens (including phenoxy) is 1. The second kappa shape index (κ2) is 7.17. The second-order valence-electron chi connectivity index (χ2n) is 6.14. The van der Waals surface area contributed by atoms with E-state index in [4.69, 9.17) is 16.3 Å². The van der Waals surface area contributed by atoms with Gasteiger partial charge in [0.15, 0.2) is 0 Å². The maximum atomic E-state index is 12.3. The number of amides is 1. The molecule has 1 N–H and O–H groups in total. The van der Waals surface area contributed by atoms with Crippen LogP contribution in [0.1, 0.15) is 21.7 Å². The molecule has 0 fully saturated rings. The van der Waals surface area contributed by atoms with Crippen LogP contribution in [0.2, 0.25) is 5.02 Å². The van der Waals surface area contributed by atoms with Crippen LogP contribution in [0.3, 0.4) is 0 Å². The van der Waals surface area contributed by atoms with Gasteiger partial charge in [0.25, 0.3) is 5.91 Å². The molecular weight excluding hydrogens is 352 g/mol. The van der Waals surface area contributed by atoms with Gasteiger partial charge in [0.2, 0.25) is 0 Å². The van der Waals surface area contributed by atoms with Gasteiger partial charge in [-0.25, -0.2) is 0 Å². The molecule has 26 heavy (non-hydrogen) atoms. The van der Waals surface area contributed by atoms with E-state index in [1.54, 1.807) is 24.5 Å². The Morgan fingerprint density at radius 1 is 1.23 bits per heavy atom. The van der Waals surface area contributed by atoms with Crippen molar-refractivity contribution in [2.24, 2.45) is 0 Å². The Morgan fingerprint density at radius 3 is 2.73 bits per heavy atom. The molecule has 0 spiro atoms. The number of hydrogen-bond acceptors (Lipinski definition) is 4. The van der Waals surface area contributed by atoms with Crippen molar-refractivity contribution in [3.8, 4) is 5.75 Å². The summed E-state index contributed by atoms with van der Waals surface area (Å²) in [6, 6.07) is 12.9. The SMILES string of the molecule is O=C(NCc1ccc(Cl)cc1)c1cc2n(n1)CC(Oc1ccncc1)C2. The van der Waals surface area contributed by atoms with Crippen LogP contribution in [0.5, 0.6) is 5.75 Å². The third-order valence-electron chi connectivity index (χ3n) is 4.23. The van der Waals surface area contributed by atoms with E-state index in [2.05, 4.69) is 15.4 Å². The zero-order chi connectivity index (χ0) is 17.9. The van der Waals surface area contributed by atoms with Gasteiger partial charge in [-0.1, -0.05) is 23.7 Å². The van der Waals surface area contributed by atoms with Crippen LogP contribution in [0.4, 0.5) is 0 Å². The predicted molar refractivity (Wildman–Crippen MR) is 97.2 cm³/mol. The van der Waals surface area contributed by atoms with Gasteiger partial charge >= 0.3 is 0 Å². The number of nitrogens with one attached hydrogen (secondary N) is 1. The molecule has 1 aliphatic rings. The van der Waals surface area contributed by atoms with E-state index in [0.29, 0.717) is 23.8 Å². The number of halogens is 1. The summed E-state index contributed by atoms with van der Waals surface area (Å²) in [5.74, 6) is 0.602. The van der Waals surface area contributed by atoms with Crippen LogP contribution in [0, 0.1) is 0 Å². The number of nitrogens with zero attached hydrogens (tertiary/aromatic N) is 3. The number of fused-ring (bicyclic) bond motifs is 1. The molecule has 6 nitrogen and oxygen atoms in total. The van der Waals surface area contributed by atoms with E-state index in [-0.39, 0.29) is 12.0 Å². The lowest BCUT2D eigenvalue weighted by Crippen LogP contribution is -2.24. The molecule has 1 aromatic carbocycles. The van der Waals surface area contributed by atoms with Crippen molar-refractivity contribution in [2.75, 3.05) is 0 Å². The normalized spacial score (nSPS) is 15.5. The monoisotopic (exact) mass is 368 g/mol. The molecule has 132 valence electrons.